The second kappa shape index (κ2) is 8.99. The van der Waals surface area contributed by atoms with Gasteiger partial charge in [-0.2, -0.15) is 0 Å². The van der Waals surface area contributed by atoms with Crippen molar-refractivity contribution in [2.45, 2.75) is 23.7 Å². The molecule has 8 heteroatoms. The van der Waals surface area contributed by atoms with Crippen LogP contribution < -0.4 is 5.32 Å². The van der Waals surface area contributed by atoms with Gasteiger partial charge in [-0.15, -0.1) is 11.8 Å². The van der Waals surface area contributed by atoms with E-state index in [4.69, 9.17) is 4.52 Å². The lowest BCUT2D eigenvalue weighted by atomic mass is 10.1. The third kappa shape index (κ3) is 4.96. The van der Waals surface area contributed by atoms with Gasteiger partial charge in [0.25, 0.3) is 5.91 Å². The fourth-order valence-electron chi connectivity index (χ4n) is 2.54. The van der Waals surface area contributed by atoms with E-state index in [1.165, 1.54) is 17.8 Å². The Kier molecular flexibility index (Phi) is 6.43. The molecule has 146 valence electrons. The average molecular weight is 404 g/mol. The molecule has 1 atom stereocenters. The molecule has 0 aliphatic rings. The summed E-state index contributed by atoms with van der Waals surface area (Å²) in [5, 5.41) is 16.6. The second-order valence-corrected chi connectivity index (χ2v) is 7.14. The minimum atomic E-state index is -1.16. The first-order valence-corrected chi connectivity index (χ1v) is 9.48. The lowest BCUT2D eigenvalue weighted by molar-refractivity contribution is 0.0913. The molecule has 2 aromatic carbocycles. The molecule has 3 aromatic rings. The number of carbonyl (C=O) groups is 1. The van der Waals surface area contributed by atoms with Crippen LogP contribution in [0.5, 0.6) is 0 Å². The van der Waals surface area contributed by atoms with Crippen molar-refractivity contribution >= 4 is 17.7 Å². The number of rotatable bonds is 7. The Morgan fingerprint density at radius 3 is 2.71 bits per heavy atom. The van der Waals surface area contributed by atoms with Crippen molar-refractivity contribution in [1.82, 2.24) is 10.5 Å². The summed E-state index contributed by atoms with van der Waals surface area (Å²) < 4.78 is 31.5. The van der Waals surface area contributed by atoms with Gasteiger partial charge in [-0.3, -0.25) is 4.79 Å². The Morgan fingerprint density at radius 2 is 2.00 bits per heavy atom. The van der Waals surface area contributed by atoms with Crippen molar-refractivity contribution in [2.24, 2.45) is 0 Å². The fourth-order valence-corrected chi connectivity index (χ4v) is 3.46. The van der Waals surface area contributed by atoms with Gasteiger partial charge in [-0.05, 0) is 36.8 Å². The minimum absolute atomic E-state index is 0.135. The third-order valence-corrected chi connectivity index (χ3v) is 5.06. The van der Waals surface area contributed by atoms with E-state index in [0.717, 1.165) is 22.7 Å². The van der Waals surface area contributed by atoms with Gasteiger partial charge in [0.05, 0.1) is 23.1 Å². The van der Waals surface area contributed by atoms with Crippen LogP contribution in [0.25, 0.3) is 0 Å². The molecule has 28 heavy (non-hydrogen) atoms. The first-order valence-electron chi connectivity index (χ1n) is 8.49. The van der Waals surface area contributed by atoms with Crippen LogP contribution in [0.1, 0.15) is 33.5 Å². The minimum Gasteiger partial charge on any atom is -0.387 e. The number of nitrogens with zero attached hydrogens (tertiary/aromatic N) is 1. The van der Waals surface area contributed by atoms with E-state index in [1.54, 1.807) is 12.1 Å². The number of amides is 1. The highest BCUT2D eigenvalue weighted by Crippen LogP contribution is 2.26. The maximum atomic E-state index is 13.3. The summed E-state index contributed by atoms with van der Waals surface area (Å²) in [7, 11) is 0. The number of aryl methyl sites for hydroxylation is 1. The van der Waals surface area contributed by atoms with Gasteiger partial charge < -0.3 is 14.9 Å². The standard InChI is InChI=1S/C20H18F2N2O3S/c1-12-8-14(27-24-12)11-28-19-5-3-2-4-15(19)20(26)23-10-18(25)13-6-7-16(21)17(22)9-13/h2-9,18,25H,10-11H2,1H3,(H,23,26). The number of nitrogens with one attached hydrogen (secondary N) is 1. The first kappa shape index (κ1) is 20.0. The van der Waals surface area contributed by atoms with Gasteiger partial charge in [-0.25, -0.2) is 8.78 Å². The van der Waals surface area contributed by atoms with Gasteiger partial charge in [0.2, 0.25) is 0 Å². The number of aliphatic hydroxyl groups excluding tert-OH is 1. The van der Waals surface area contributed by atoms with Gasteiger partial charge in [0.15, 0.2) is 11.6 Å². The van der Waals surface area contributed by atoms with E-state index < -0.39 is 17.7 Å². The average Bonchev–Trinajstić information content (AvgIpc) is 3.11. The number of thioether (sulfide) groups is 1. The Hall–Kier alpha value is -2.71. The summed E-state index contributed by atoms with van der Waals surface area (Å²) >= 11 is 1.43. The van der Waals surface area contributed by atoms with Crippen LogP contribution in [0.2, 0.25) is 0 Å². The molecule has 0 fully saturated rings. The molecule has 5 nitrogen and oxygen atoms in total. The fraction of sp³-hybridized carbons (Fsp3) is 0.200. The smallest absolute Gasteiger partial charge is 0.252 e. The monoisotopic (exact) mass is 404 g/mol. The molecule has 0 bridgehead atoms. The van der Waals surface area contributed by atoms with Crippen LogP contribution in [0.15, 0.2) is 57.9 Å². The van der Waals surface area contributed by atoms with Crippen molar-refractivity contribution in [1.29, 1.82) is 0 Å². The summed E-state index contributed by atoms with van der Waals surface area (Å²) in [6, 6.07) is 12.0. The molecule has 1 amide bonds. The van der Waals surface area contributed by atoms with Crippen molar-refractivity contribution in [3.63, 3.8) is 0 Å². The Balaban J connectivity index is 1.63. The quantitative estimate of drug-likeness (QED) is 0.582. The highest BCUT2D eigenvalue weighted by Gasteiger charge is 2.16. The molecule has 0 radical (unpaired) electrons. The predicted molar refractivity (Wildman–Crippen MR) is 101 cm³/mol. The van der Waals surface area contributed by atoms with Gasteiger partial charge >= 0.3 is 0 Å². The predicted octanol–water partition coefficient (Wildman–Crippen LogP) is 4.02. The van der Waals surface area contributed by atoms with Crippen LogP contribution in [0, 0.1) is 18.6 Å². The van der Waals surface area contributed by atoms with Crippen molar-refractivity contribution in [3.8, 4) is 0 Å². The maximum Gasteiger partial charge on any atom is 0.252 e. The van der Waals surface area contributed by atoms with E-state index in [9.17, 15) is 18.7 Å². The summed E-state index contributed by atoms with van der Waals surface area (Å²) in [4.78, 5) is 13.3. The van der Waals surface area contributed by atoms with Crippen LogP contribution >= 0.6 is 11.8 Å². The molecule has 3 rings (SSSR count). The van der Waals surface area contributed by atoms with E-state index in [-0.39, 0.29) is 18.0 Å². The summed E-state index contributed by atoms with van der Waals surface area (Å²) in [6.07, 6.45) is -1.16. The van der Waals surface area contributed by atoms with Crippen LogP contribution in [-0.2, 0) is 5.75 Å². The summed E-state index contributed by atoms with van der Waals surface area (Å²) in [5.41, 5.74) is 1.41. The number of hydrogen-bond acceptors (Lipinski definition) is 5. The van der Waals surface area contributed by atoms with Crippen molar-refractivity contribution < 1.29 is 23.2 Å². The van der Waals surface area contributed by atoms with Gasteiger partial charge in [0, 0.05) is 17.5 Å². The van der Waals surface area contributed by atoms with Crippen LogP contribution in [-0.4, -0.2) is 22.7 Å². The normalized spacial score (nSPS) is 12.0. The number of benzene rings is 2. The number of halogens is 2. The summed E-state index contributed by atoms with van der Waals surface area (Å²) in [6.45, 7) is 1.70. The zero-order valence-corrected chi connectivity index (χ0v) is 15.8. The van der Waals surface area contributed by atoms with Crippen LogP contribution in [0.4, 0.5) is 8.78 Å². The number of carbonyl (C=O) groups excluding carboxylic acids is 1. The zero-order valence-electron chi connectivity index (χ0n) is 15.0. The van der Waals surface area contributed by atoms with E-state index in [2.05, 4.69) is 10.5 Å². The largest absolute Gasteiger partial charge is 0.387 e. The molecule has 1 heterocycles. The summed E-state index contributed by atoms with van der Waals surface area (Å²) in [5.74, 6) is -1.20. The zero-order chi connectivity index (χ0) is 20.1. The Morgan fingerprint density at radius 1 is 1.21 bits per heavy atom. The molecule has 0 aliphatic heterocycles. The number of aromatic nitrogens is 1. The molecule has 2 N–H and O–H groups in total. The maximum absolute atomic E-state index is 13.3. The van der Waals surface area contributed by atoms with Crippen molar-refractivity contribution in [2.75, 3.05) is 6.54 Å². The molecule has 1 aromatic heterocycles. The Labute approximate surface area is 164 Å². The molecule has 0 aliphatic carbocycles. The number of aliphatic hydroxyl groups is 1. The van der Waals surface area contributed by atoms with E-state index >= 15 is 0 Å². The molecule has 0 saturated heterocycles. The molecular formula is C20H18F2N2O3S. The first-order chi connectivity index (χ1) is 13.4. The lowest BCUT2D eigenvalue weighted by Crippen LogP contribution is -2.28. The SMILES string of the molecule is Cc1cc(CSc2ccccc2C(=O)NCC(O)c2ccc(F)c(F)c2)on1. The second-order valence-electron chi connectivity index (χ2n) is 6.12. The van der Waals surface area contributed by atoms with E-state index in [0.29, 0.717) is 17.1 Å². The molecule has 1 unspecified atom stereocenters. The third-order valence-electron chi connectivity index (χ3n) is 3.96. The highest BCUT2D eigenvalue weighted by atomic mass is 32.2. The van der Waals surface area contributed by atoms with Gasteiger partial charge in [0.1, 0.15) is 5.76 Å². The van der Waals surface area contributed by atoms with E-state index in [1.807, 2.05) is 25.1 Å². The molecule has 0 saturated carbocycles. The van der Waals surface area contributed by atoms with Crippen LogP contribution in [0.3, 0.4) is 0 Å². The van der Waals surface area contributed by atoms with Gasteiger partial charge in [-0.1, -0.05) is 23.4 Å². The molecule has 0 spiro atoms. The number of hydrogen-bond donors (Lipinski definition) is 2. The topological polar surface area (TPSA) is 75.4 Å². The van der Waals surface area contributed by atoms with Crippen molar-refractivity contribution in [3.05, 3.63) is 82.7 Å². The highest BCUT2D eigenvalue weighted by molar-refractivity contribution is 7.98. The lowest BCUT2D eigenvalue weighted by Gasteiger charge is -2.14. The Bertz CT molecular complexity index is 978. The molecular weight excluding hydrogens is 386 g/mol.